The minimum absolute atomic E-state index is 0.114. The first kappa shape index (κ1) is 12.4. The number of carbonyl (C=O) groups is 3. The van der Waals surface area contributed by atoms with Crippen LogP contribution in [0.4, 0.5) is 0 Å². The zero-order valence-electron chi connectivity index (χ0n) is 8.51. The Balaban J connectivity index is 3.82. The average molecular weight is 201 g/mol. The molecule has 0 aliphatic rings. The molecule has 0 bridgehead atoms. The van der Waals surface area contributed by atoms with Gasteiger partial charge in [-0.2, -0.15) is 0 Å². The van der Waals surface area contributed by atoms with Crippen molar-refractivity contribution in [3.63, 3.8) is 0 Å². The number of nitrogens with one attached hydrogen (secondary N) is 3. The van der Waals surface area contributed by atoms with E-state index in [0.717, 1.165) is 0 Å². The van der Waals surface area contributed by atoms with Crippen LogP contribution in [-0.4, -0.2) is 37.4 Å². The third-order valence-electron chi connectivity index (χ3n) is 1.52. The highest BCUT2D eigenvalue weighted by atomic mass is 16.2. The highest BCUT2D eigenvalue weighted by molar-refractivity contribution is 5.89. The summed E-state index contributed by atoms with van der Waals surface area (Å²) >= 11 is 0. The van der Waals surface area contributed by atoms with Crippen LogP contribution in [-0.2, 0) is 14.4 Å². The monoisotopic (exact) mass is 201 g/mol. The molecule has 0 heterocycles. The SMILES string of the molecule is CNC(=O)C(C)NC(=O)CNC(C)=O. The molecule has 1 unspecified atom stereocenters. The Kier molecular flexibility index (Phi) is 5.28. The predicted molar refractivity (Wildman–Crippen MR) is 50.4 cm³/mol. The van der Waals surface area contributed by atoms with Crippen molar-refractivity contribution in [3.05, 3.63) is 0 Å². The minimum atomic E-state index is -0.596. The molecule has 0 radical (unpaired) electrons. The number of likely N-dealkylation sites (N-methyl/N-ethyl adjacent to an activating group) is 1. The largest absolute Gasteiger partial charge is 0.357 e. The van der Waals surface area contributed by atoms with Gasteiger partial charge in [-0.3, -0.25) is 14.4 Å². The lowest BCUT2D eigenvalue weighted by Gasteiger charge is -2.11. The van der Waals surface area contributed by atoms with Crippen LogP contribution in [0.2, 0.25) is 0 Å². The Labute approximate surface area is 82.4 Å². The van der Waals surface area contributed by atoms with Crippen LogP contribution >= 0.6 is 0 Å². The van der Waals surface area contributed by atoms with E-state index in [-0.39, 0.29) is 18.4 Å². The minimum Gasteiger partial charge on any atom is -0.357 e. The Hall–Kier alpha value is -1.59. The molecule has 0 rings (SSSR count). The molecule has 0 aromatic carbocycles. The van der Waals surface area contributed by atoms with Crippen molar-refractivity contribution in [2.24, 2.45) is 0 Å². The summed E-state index contributed by atoms with van der Waals surface area (Å²) in [7, 11) is 1.48. The zero-order chi connectivity index (χ0) is 11.1. The Morgan fingerprint density at radius 1 is 1.29 bits per heavy atom. The van der Waals surface area contributed by atoms with E-state index >= 15 is 0 Å². The first-order valence-electron chi connectivity index (χ1n) is 4.22. The number of amides is 3. The average Bonchev–Trinajstić information content (AvgIpc) is 2.13. The zero-order valence-corrected chi connectivity index (χ0v) is 8.51. The molecule has 0 aromatic heterocycles. The molecule has 6 heteroatoms. The molecule has 0 spiro atoms. The van der Waals surface area contributed by atoms with Gasteiger partial charge in [0.05, 0.1) is 6.54 Å². The molecule has 1 atom stereocenters. The van der Waals surface area contributed by atoms with Crippen molar-refractivity contribution in [1.29, 1.82) is 0 Å². The molecule has 0 fully saturated rings. The highest BCUT2D eigenvalue weighted by Gasteiger charge is 2.13. The predicted octanol–water partition coefficient (Wildman–Crippen LogP) is -1.63. The summed E-state index contributed by atoms with van der Waals surface area (Å²) in [5.41, 5.74) is 0. The standard InChI is InChI=1S/C8H15N3O3/c1-5(8(14)9-3)11-7(13)4-10-6(2)12/h5H,4H2,1-3H3,(H,9,14)(H,10,12)(H,11,13). The molecule has 0 aliphatic heterocycles. The molecule has 80 valence electrons. The van der Waals surface area contributed by atoms with Crippen LogP contribution < -0.4 is 16.0 Å². The summed E-state index contributed by atoms with van der Waals surface area (Å²) in [6, 6.07) is -0.596. The summed E-state index contributed by atoms with van der Waals surface area (Å²) in [5.74, 6) is -0.953. The van der Waals surface area contributed by atoms with Gasteiger partial charge in [0.25, 0.3) is 0 Å². The maximum atomic E-state index is 11.1. The van der Waals surface area contributed by atoms with Gasteiger partial charge in [-0.1, -0.05) is 0 Å². The molecule has 0 saturated carbocycles. The number of rotatable bonds is 4. The van der Waals surface area contributed by atoms with Crippen molar-refractivity contribution in [1.82, 2.24) is 16.0 Å². The summed E-state index contributed by atoms with van der Waals surface area (Å²) in [4.78, 5) is 32.5. The summed E-state index contributed by atoms with van der Waals surface area (Å²) in [6.07, 6.45) is 0. The lowest BCUT2D eigenvalue weighted by atomic mass is 10.3. The van der Waals surface area contributed by atoms with E-state index in [1.165, 1.54) is 14.0 Å². The quantitative estimate of drug-likeness (QED) is 0.510. The van der Waals surface area contributed by atoms with Crippen LogP contribution in [0.1, 0.15) is 13.8 Å². The number of hydrogen-bond acceptors (Lipinski definition) is 3. The van der Waals surface area contributed by atoms with E-state index < -0.39 is 11.9 Å². The van der Waals surface area contributed by atoms with Crippen molar-refractivity contribution >= 4 is 17.7 Å². The number of hydrogen-bond donors (Lipinski definition) is 3. The van der Waals surface area contributed by atoms with Crippen LogP contribution in [0.25, 0.3) is 0 Å². The lowest BCUT2D eigenvalue weighted by Crippen LogP contribution is -2.46. The summed E-state index contributed by atoms with van der Waals surface area (Å²) < 4.78 is 0. The van der Waals surface area contributed by atoms with E-state index in [9.17, 15) is 14.4 Å². The molecule has 3 N–H and O–H groups in total. The summed E-state index contributed by atoms with van der Waals surface area (Å²) in [6.45, 7) is 2.76. The Morgan fingerprint density at radius 2 is 1.86 bits per heavy atom. The van der Waals surface area contributed by atoms with Gasteiger partial charge >= 0.3 is 0 Å². The maximum absolute atomic E-state index is 11.1. The van der Waals surface area contributed by atoms with E-state index in [1.807, 2.05) is 0 Å². The first-order valence-corrected chi connectivity index (χ1v) is 4.22. The normalized spacial score (nSPS) is 11.4. The third-order valence-corrected chi connectivity index (χ3v) is 1.52. The second kappa shape index (κ2) is 5.95. The lowest BCUT2D eigenvalue weighted by molar-refractivity contribution is -0.128. The fourth-order valence-electron chi connectivity index (χ4n) is 0.779. The molecule has 0 saturated heterocycles. The van der Waals surface area contributed by atoms with Gasteiger partial charge in [0.2, 0.25) is 17.7 Å². The number of carbonyl (C=O) groups excluding carboxylic acids is 3. The van der Waals surface area contributed by atoms with Gasteiger partial charge < -0.3 is 16.0 Å². The van der Waals surface area contributed by atoms with Gasteiger partial charge in [-0.15, -0.1) is 0 Å². The smallest absolute Gasteiger partial charge is 0.242 e. The molecule has 6 nitrogen and oxygen atoms in total. The maximum Gasteiger partial charge on any atom is 0.242 e. The van der Waals surface area contributed by atoms with Crippen LogP contribution in [0.3, 0.4) is 0 Å². The Bertz CT molecular complexity index is 240. The van der Waals surface area contributed by atoms with Crippen molar-refractivity contribution in [2.45, 2.75) is 19.9 Å². The Morgan fingerprint density at radius 3 is 2.29 bits per heavy atom. The van der Waals surface area contributed by atoms with E-state index in [2.05, 4.69) is 16.0 Å². The summed E-state index contributed by atoms with van der Waals surface area (Å²) in [5, 5.41) is 7.14. The molecule has 0 aromatic rings. The third kappa shape index (κ3) is 5.13. The van der Waals surface area contributed by atoms with E-state index in [1.54, 1.807) is 6.92 Å². The van der Waals surface area contributed by atoms with E-state index in [0.29, 0.717) is 0 Å². The topological polar surface area (TPSA) is 87.3 Å². The van der Waals surface area contributed by atoms with Crippen LogP contribution in [0.15, 0.2) is 0 Å². The molecule has 3 amide bonds. The fourth-order valence-corrected chi connectivity index (χ4v) is 0.779. The van der Waals surface area contributed by atoms with Gasteiger partial charge in [0.1, 0.15) is 6.04 Å². The fraction of sp³-hybridized carbons (Fsp3) is 0.625. The van der Waals surface area contributed by atoms with Crippen LogP contribution in [0.5, 0.6) is 0 Å². The van der Waals surface area contributed by atoms with Crippen molar-refractivity contribution in [3.8, 4) is 0 Å². The molecular formula is C8H15N3O3. The van der Waals surface area contributed by atoms with Gasteiger partial charge in [0, 0.05) is 14.0 Å². The van der Waals surface area contributed by atoms with Crippen LogP contribution in [0, 0.1) is 0 Å². The second-order valence-corrected chi connectivity index (χ2v) is 2.81. The van der Waals surface area contributed by atoms with E-state index in [4.69, 9.17) is 0 Å². The molecular weight excluding hydrogens is 186 g/mol. The van der Waals surface area contributed by atoms with Gasteiger partial charge in [-0.25, -0.2) is 0 Å². The van der Waals surface area contributed by atoms with Gasteiger partial charge in [-0.05, 0) is 6.92 Å². The first-order chi connectivity index (χ1) is 6.47. The van der Waals surface area contributed by atoms with Gasteiger partial charge in [0.15, 0.2) is 0 Å². The molecule has 0 aliphatic carbocycles. The van der Waals surface area contributed by atoms with Crippen molar-refractivity contribution in [2.75, 3.05) is 13.6 Å². The second-order valence-electron chi connectivity index (χ2n) is 2.81. The van der Waals surface area contributed by atoms with Crippen molar-refractivity contribution < 1.29 is 14.4 Å². The molecule has 14 heavy (non-hydrogen) atoms. The highest BCUT2D eigenvalue weighted by Crippen LogP contribution is 1.80.